The summed E-state index contributed by atoms with van der Waals surface area (Å²) < 4.78 is 55.1. The van der Waals surface area contributed by atoms with Gasteiger partial charge < -0.3 is 9.66 Å². The van der Waals surface area contributed by atoms with Crippen molar-refractivity contribution in [3.8, 4) is 5.75 Å². The van der Waals surface area contributed by atoms with Crippen molar-refractivity contribution in [2.75, 3.05) is 0 Å². The number of rotatable bonds is 6. The van der Waals surface area contributed by atoms with E-state index in [1.54, 1.807) is 25.1 Å². The molecule has 39 heavy (non-hydrogen) atoms. The summed E-state index contributed by atoms with van der Waals surface area (Å²) in [6.45, 7) is 3.70. The summed E-state index contributed by atoms with van der Waals surface area (Å²) in [5, 5.41) is 27.7. The number of benzene rings is 4. The normalized spacial score (nSPS) is 13.2. The van der Waals surface area contributed by atoms with E-state index in [4.69, 9.17) is 0 Å². The van der Waals surface area contributed by atoms with Crippen molar-refractivity contribution in [2.24, 2.45) is 20.5 Å². The van der Waals surface area contributed by atoms with Crippen LogP contribution in [-0.4, -0.2) is 32.7 Å². The van der Waals surface area contributed by atoms with E-state index in [2.05, 4.69) is 26.3 Å². The van der Waals surface area contributed by atoms with Crippen LogP contribution in [0.4, 0.5) is 22.7 Å². The maximum Gasteiger partial charge on any atom is 1.00 e. The third-order valence-corrected chi connectivity index (χ3v) is 7.35. The van der Waals surface area contributed by atoms with E-state index in [1.165, 1.54) is 18.2 Å². The van der Waals surface area contributed by atoms with Gasteiger partial charge in [0.2, 0.25) is 0 Å². The summed E-state index contributed by atoms with van der Waals surface area (Å²) in [6.07, 6.45) is 0. The van der Waals surface area contributed by atoms with E-state index in [1.807, 2.05) is 31.2 Å². The maximum absolute atomic E-state index is 12.0. The summed E-state index contributed by atoms with van der Waals surface area (Å²) in [7, 11) is -8.45. The van der Waals surface area contributed by atoms with Gasteiger partial charge >= 0.3 is 59.1 Å². The second kappa shape index (κ2) is 13.1. The van der Waals surface area contributed by atoms with Gasteiger partial charge in [0.15, 0.2) is 5.75 Å². The molecule has 0 aromatic heterocycles. The zero-order valence-corrected chi connectivity index (χ0v) is 27.4. The number of phenols is 1. The summed E-state index contributed by atoms with van der Waals surface area (Å²) in [6, 6.07) is 17.5. The van der Waals surface area contributed by atoms with Crippen molar-refractivity contribution < 1.29 is 86.0 Å². The van der Waals surface area contributed by atoms with Gasteiger partial charge in [0, 0.05) is 5.39 Å². The van der Waals surface area contributed by atoms with Crippen LogP contribution < -0.4 is 59.1 Å². The van der Waals surface area contributed by atoms with E-state index in [-0.39, 0.29) is 80.5 Å². The summed E-state index contributed by atoms with van der Waals surface area (Å²) in [5.41, 5.74) is 3.15. The van der Waals surface area contributed by atoms with E-state index in [0.717, 1.165) is 17.3 Å². The zero-order valence-electron chi connectivity index (χ0n) is 21.7. The fourth-order valence-electron chi connectivity index (χ4n) is 3.53. The van der Waals surface area contributed by atoms with Gasteiger partial charge in [-0.1, -0.05) is 24.3 Å². The van der Waals surface area contributed by atoms with Crippen molar-refractivity contribution in [3.63, 3.8) is 0 Å². The molecule has 0 radical (unpaired) electrons. The fraction of sp³-hybridized carbons (Fsp3) is 0.0800. The molecular formula is C25H22N4Na2O6S2+2. The van der Waals surface area contributed by atoms with Crippen LogP contribution in [0.2, 0.25) is 0 Å². The Morgan fingerprint density at radius 3 is 2.00 bits per heavy atom. The predicted molar refractivity (Wildman–Crippen MR) is 142 cm³/mol. The van der Waals surface area contributed by atoms with Crippen LogP contribution in [0.15, 0.2) is 97.0 Å². The first-order chi connectivity index (χ1) is 17.3. The first-order valence-corrected chi connectivity index (χ1v) is 13.8. The molecule has 14 heteroatoms. The molecule has 0 spiro atoms. The molecule has 0 aliphatic heterocycles. The Labute approximate surface area is 270 Å². The molecule has 4 rings (SSSR count). The van der Waals surface area contributed by atoms with Crippen molar-refractivity contribution in [3.05, 3.63) is 77.9 Å². The second-order valence-electron chi connectivity index (χ2n) is 8.23. The molecule has 10 nitrogen and oxygen atoms in total. The van der Waals surface area contributed by atoms with E-state index in [0.29, 0.717) is 16.9 Å². The minimum Gasteiger partial charge on any atom is -0.504 e. The summed E-state index contributed by atoms with van der Waals surface area (Å²) in [4.78, 5) is -0.885. The molecule has 0 saturated heterocycles. The summed E-state index contributed by atoms with van der Waals surface area (Å²) in [5.74, 6) is 2.38. The third kappa shape index (κ3) is 7.82. The number of azo groups is 2. The molecule has 1 unspecified atom stereocenters. The number of aromatic hydroxyl groups is 1. The molecule has 1 atom stereocenters. The zero-order chi connectivity index (χ0) is 27.0. The summed E-state index contributed by atoms with van der Waals surface area (Å²) >= 11 is 0. The quantitative estimate of drug-likeness (QED) is 0.131. The maximum atomic E-state index is 12.0. The van der Waals surface area contributed by atoms with Gasteiger partial charge in [0.1, 0.15) is 20.4 Å². The Morgan fingerprint density at radius 2 is 1.38 bits per heavy atom. The van der Waals surface area contributed by atoms with Crippen LogP contribution in [0, 0.1) is 13.8 Å². The van der Waals surface area contributed by atoms with Gasteiger partial charge in [-0.05, 0) is 78.7 Å². The Morgan fingerprint density at radius 1 is 0.744 bits per heavy atom. The SMILES string of the molecule is C=S(=O)(O)c1ccc2c(N=Nc3ccc(N=Nc4ccccc4C)cc3C)c(O)c(S(=O)(=O)O)cc2c1.[Na+].[Na+]. The van der Waals surface area contributed by atoms with Crippen molar-refractivity contribution >= 4 is 59.3 Å². The average Bonchev–Trinajstić information content (AvgIpc) is 2.82. The van der Waals surface area contributed by atoms with Gasteiger partial charge in [0.05, 0.1) is 22.0 Å². The molecule has 4 aromatic rings. The number of phenolic OH excluding ortho intramolecular Hbond substituents is 1. The molecule has 0 heterocycles. The Hall–Kier alpha value is -1.97. The molecule has 0 bridgehead atoms. The van der Waals surface area contributed by atoms with E-state index < -0.39 is 30.6 Å². The van der Waals surface area contributed by atoms with Crippen LogP contribution in [-0.2, 0) is 19.9 Å². The van der Waals surface area contributed by atoms with Crippen molar-refractivity contribution in [1.29, 1.82) is 0 Å². The Balaban J connectivity index is 0.00000267. The molecular weight excluding hydrogens is 562 g/mol. The molecule has 4 aromatic carbocycles. The Bertz CT molecular complexity index is 1830. The van der Waals surface area contributed by atoms with Crippen LogP contribution in [0.1, 0.15) is 11.1 Å². The standard InChI is InChI=1S/C25H22N4O6S2.2Na/c1-15-6-4-5-7-21(15)27-26-18-8-11-22(16(2)12-18)28-29-24-20-10-9-19(36(3,31)32)13-17(20)14-23(25(24)30)37(33,34)35;;/h4-14,30H,3H2,1-2H3,(H,31,32)(H,33,34,35);;/q;2*+1. The smallest absolute Gasteiger partial charge is 0.504 e. The topological polar surface area (TPSA) is 161 Å². The molecule has 0 amide bonds. The second-order valence-corrected chi connectivity index (χ2v) is 11.4. The van der Waals surface area contributed by atoms with Crippen LogP contribution in [0.5, 0.6) is 5.75 Å². The van der Waals surface area contributed by atoms with Crippen LogP contribution in [0.3, 0.4) is 0 Å². The molecule has 0 fully saturated rings. The van der Waals surface area contributed by atoms with Gasteiger partial charge in [-0.2, -0.15) is 23.8 Å². The van der Waals surface area contributed by atoms with Gasteiger partial charge in [0.25, 0.3) is 10.1 Å². The van der Waals surface area contributed by atoms with E-state index in [9.17, 15) is 26.8 Å². The minimum absolute atomic E-state index is 0. The van der Waals surface area contributed by atoms with Crippen molar-refractivity contribution in [2.45, 2.75) is 23.6 Å². The monoisotopic (exact) mass is 584 g/mol. The van der Waals surface area contributed by atoms with Crippen LogP contribution >= 0.6 is 0 Å². The number of fused-ring (bicyclic) bond motifs is 1. The molecule has 0 aliphatic carbocycles. The predicted octanol–water partition coefficient (Wildman–Crippen LogP) is 0.796. The van der Waals surface area contributed by atoms with Crippen LogP contribution in [0.25, 0.3) is 10.8 Å². The van der Waals surface area contributed by atoms with E-state index >= 15 is 0 Å². The minimum atomic E-state index is -4.85. The van der Waals surface area contributed by atoms with Gasteiger partial charge in [-0.15, -0.1) is 5.11 Å². The van der Waals surface area contributed by atoms with Crippen molar-refractivity contribution in [1.82, 2.24) is 0 Å². The molecule has 190 valence electrons. The largest absolute Gasteiger partial charge is 1.00 e. The average molecular weight is 585 g/mol. The third-order valence-electron chi connectivity index (χ3n) is 5.50. The number of nitrogens with zero attached hydrogens (tertiary/aromatic N) is 4. The van der Waals surface area contributed by atoms with Gasteiger partial charge in [-0.3, -0.25) is 4.55 Å². The first kappa shape index (κ1) is 33.2. The van der Waals surface area contributed by atoms with Gasteiger partial charge in [-0.25, -0.2) is 4.21 Å². The molecule has 0 aliphatic rings. The number of hydrogen-bond acceptors (Lipinski definition) is 8. The number of aryl methyl sites for hydroxylation is 2. The molecule has 0 saturated carbocycles. The fourth-order valence-corrected chi connectivity index (χ4v) is 4.74. The first-order valence-electron chi connectivity index (χ1n) is 10.7. The Kier molecular flexibility index (Phi) is 11.2. The molecule has 3 N–H and O–H groups in total. The number of hydrogen-bond donors (Lipinski definition) is 3.